The molecule has 3 atom stereocenters. The van der Waals surface area contributed by atoms with Gasteiger partial charge in [0.05, 0.1) is 12.2 Å². The molecule has 0 radical (unpaired) electrons. The van der Waals surface area contributed by atoms with Crippen LogP contribution in [0.5, 0.6) is 0 Å². The molecule has 0 aromatic rings. The highest BCUT2D eigenvalue weighted by Gasteiger charge is 2.13. The van der Waals surface area contributed by atoms with Crippen molar-refractivity contribution in [2.24, 2.45) is 0 Å². The van der Waals surface area contributed by atoms with Crippen LogP contribution in [-0.4, -0.2) is 33.7 Å². The lowest BCUT2D eigenvalue weighted by molar-refractivity contribution is 0.00814. The van der Waals surface area contributed by atoms with Gasteiger partial charge in [-0.15, -0.1) is 0 Å². The van der Waals surface area contributed by atoms with Crippen molar-refractivity contribution in [1.29, 1.82) is 0 Å². The molecule has 0 fully saturated rings. The standard InChI is InChI=1S/C6H15NO3/c1-4(7-10)3-6(9)5(2)8/h4-10H,3H2,1-2H3. The van der Waals surface area contributed by atoms with Crippen molar-refractivity contribution in [3.63, 3.8) is 0 Å². The van der Waals surface area contributed by atoms with Crippen LogP contribution in [0.2, 0.25) is 0 Å². The van der Waals surface area contributed by atoms with Gasteiger partial charge in [-0.05, 0) is 20.3 Å². The predicted octanol–water partition coefficient (Wildman–Crippen LogP) is -0.515. The molecule has 0 saturated heterocycles. The first-order valence-corrected chi connectivity index (χ1v) is 3.33. The molecular formula is C6H15NO3. The van der Waals surface area contributed by atoms with Gasteiger partial charge < -0.3 is 15.4 Å². The smallest absolute Gasteiger partial charge is 0.0811 e. The number of hydroxylamine groups is 1. The quantitative estimate of drug-likeness (QED) is 0.406. The summed E-state index contributed by atoms with van der Waals surface area (Å²) in [6.07, 6.45) is -1.17. The molecule has 3 unspecified atom stereocenters. The molecule has 4 N–H and O–H groups in total. The first-order valence-electron chi connectivity index (χ1n) is 3.33. The van der Waals surface area contributed by atoms with E-state index in [1.165, 1.54) is 6.92 Å². The third kappa shape index (κ3) is 3.79. The average Bonchev–Trinajstić information content (AvgIpc) is 1.87. The maximum Gasteiger partial charge on any atom is 0.0811 e. The molecule has 0 spiro atoms. The van der Waals surface area contributed by atoms with Gasteiger partial charge in [0.25, 0.3) is 0 Å². The Morgan fingerprint density at radius 3 is 2.10 bits per heavy atom. The van der Waals surface area contributed by atoms with E-state index in [-0.39, 0.29) is 6.04 Å². The number of hydrogen-bond acceptors (Lipinski definition) is 4. The molecule has 0 saturated carbocycles. The third-order valence-corrected chi connectivity index (χ3v) is 1.37. The zero-order valence-electron chi connectivity index (χ0n) is 6.28. The summed E-state index contributed by atoms with van der Waals surface area (Å²) >= 11 is 0. The van der Waals surface area contributed by atoms with Crippen LogP contribution in [0.1, 0.15) is 20.3 Å². The molecule has 4 heteroatoms. The van der Waals surface area contributed by atoms with E-state index in [9.17, 15) is 0 Å². The summed E-state index contributed by atoms with van der Waals surface area (Å²) in [7, 11) is 0. The van der Waals surface area contributed by atoms with E-state index in [2.05, 4.69) is 0 Å². The highest BCUT2D eigenvalue weighted by Crippen LogP contribution is 2.01. The topological polar surface area (TPSA) is 72.7 Å². The zero-order valence-corrected chi connectivity index (χ0v) is 6.28. The van der Waals surface area contributed by atoms with Gasteiger partial charge in [0.15, 0.2) is 0 Å². The van der Waals surface area contributed by atoms with E-state index < -0.39 is 12.2 Å². The maximum absolute atomic E-state index is 9.03. The number of hydrogen-bond donors (Lipinski definition) is 4. The second-order valence-electron chi connectivity index (χ2n) is 2.57. The Kier molecular flexibility index (Phi) is 4.55. The Hall–Kier alpha value is -0.160. The van der Waals surface area contributed by atoms with Crippen LogP contribution >= 0.6 is 0 Å². The monoisotopic (exact) mass is 149 g/mol. The third-order valence-electron chi connectivity index (χ3n) is 1.37. The summed E-state index contributed by atoms with van der Waals surface area (Å²) in [5, 5.41) is 26.2. The maximum atomic E-state index is 9.03. The molecule has 4 nitrogen and oxygen atoms in total. The molecule has 0 aromatic carbocycles. The van der Waals surface area contributed by atoms with Crippen LogP contribution in [-0.2, 0) is 0 Å². The first-order chi connectivity index (χ1) is 4.57. The summed E-state index contributed by atoms with van der Waals surface area (Å²) in [6.45, 7) is 3.22. The molecular weight excluding hydrogens is 134 g/mol. The fourth-order valence-corrected chi connectivity index (χ4v) is 0.612. The molecule has 0 bridgehead atoms. The largest absolute Gasteiger partial charge is 0.391 e. The van der Waals surface area contributed by atoms with Gasteiger partial charge >= 0.3 is 0 Å². The van der Waals surface area contributed by atoms with E-state index in [1.54, 1.807) is 6.92 Å². The average molecular weight is 149 g/mol. The van der Waals surface area contributed by atoms with Gasteiger partial charge in [-0.1, -0.05) is 0 Å². The van der Waals surface area contributed by atoms with Gasteiger partial charge in [0, 0.05) is 6.04 Å². The minimum absolute atomic E-state index is 0.190. The van der Waals surface area contributed by atoms with Crippen molar-refractivity contribution in [1.82, 2.24) is 5.48 Å². The Morgan fingerprint density at radius 2 is 1.80 bits per heavy atom. The molecule has 0 aromatic heterocycles. The van der Waals surface area contributed by atoms with E-state index in [1.807, 2.05) is 5.48 Å². The predicted molar refractivity (Wildman–Crippen MR) is 36.7 cm³/mol. The highest BCUT2D eigenvalue weighted by atomic mass is 16.5. The molecule has 0 aliphatic heterocycles. The van der Waals surface area contributed by atoms with Gasteiger partial charge in [-0.25, -0.2) is 5.48 Å². The van der Waals surface area contributed by atoms with Gasteiger partial charge in [-0.3, -0.25) is 0 Å². The van der Waals surface area contributed by atoms with Crippen molar-refractivity contribution in [2.45, 2.75) is 38.5 Å². The van der Waals surface area contributed by atoms with Gasteiger partial charge in [-0.2, -0.15) is 0 Å². The van der Waals surface area contributed by atoms with Crippen LogP contribution in [0, 0.1) is 0 Å². The van der Waals surface area contributed by atoms with Crippen LogP contribution in [0.25, 0.3) is 0 Å². The van der Waals surface area contributed by atoms with Gasteiger partial charge in [0.2, 0.25) is 0 Å². The van der Waals surface area contributed by atoms with E-state index >= 15 is 0 Å². The highest BCUT2D eigenvalue weighted by molar-refractivity contribution is 4.67. The molecule has 10 heavy (non-hydrogen) atoms. The molecule has 0 rings (SSSR count). The fraction of sp³-hybridized carbons (Fsp3) is 1.00. The van der Waals surface area contributed by atoms with E-state index in [0.29, 0.717) is 6.42 Å². The molecule has 0 heterocycles. The van der Waals surface area contributed by atoms with Crippen LogP contribution in [0.3, 0.4) is 0 Å². The van der Waals surface area contributed by atoms with Crippen molar-refractivity contribution in [3.05, 3.63) is 0 Å². The van der Waals surface area contributed by atoms with E-state index in [0.717, 1.165) is 0 Å². The molecule has 0 amide bonds. The second-order valence-corrected chi connectivity index (χ2v) is 2.57. The second kappa shape index (κ2) is 4.62. The Balaban J connectivity index is 3.46. The lowest BCUT2D eigenvalue weighted by Gasteiger charge is -2.16. The summed E-state index contributed by atoms with van der Waals surface area (Å²) in [5.74, 6) is 0. The minimum atomic E-state index is -0.769. The minimum Gasteiger partial charge on any atom is -0.391 e. The summed E-state index contributed by atoms with van der Waals surface area (Å²) in [4.78, 5) is 0. The number of aliphatic hydroxyl groups excluding tert-OH is 2. The number of aliphatic hydroxyl groups is 2. The van der Waals surface area contributed by atoms with Crippen LogP contribution < -0.4 is 5.48 Å². The SMILES string of the molecule is CC(CC(O)C(C)O)NO. The van der Waals surface area contributed by atoms with Crippen LogP contribution in [0.4, 0.5) is 0 Å². The van der Waals surface area contributed by atoms with Crippen molar-refractivity contribution in [2.75, 3.05) is 0 Å². The summed E-state index contributed by atoms with van der Waals surface area (Å²) < 4.78 is 0. The summed E-state index contributed by atoms with van der Waals surface area (Å²) in [5.41, 5.74) is 1.98. The first kappa shape index (κ1) is 9.84. The Labute approximate surface area is 60.5 Å². The molecule has 0 aliphatic rings. The van der Waals surface area contributed by atoms with Crippen molar-refractivity contribution in [3.8, 4) is 0 Å². The van der Waals surface area contributed by atoms with Gasteiger partial charge in [0.1, 0.15) is 0 Å². The Morgan fingerprint density at radius 1 is 1.30 bits per heavy atom. The zero-order chi connectivity index (χ0) is 8.15. The normalized spacial score (nSPS) is 20.1. The number of nitrogens with one attached hydrogen (secondary N) is 1. The van der Waals surface area contributed by atoms with Crippen molar-refractivity contribution >= 4 is 0 Å². The fourth-order valence-electron chi connectivity index (χ4n) is 0.612. The molecule has 62 valence electrons. The molecule has 0 aliphatic carbocycles. The van der Waals surface area contributed by atoms with E-state index in [4.69, 9.17) is 15.4 Å². The van der Waals surface area contributed by atoms with Crippen molar-refractivity contribution < 1.29 is 15.4 Å². The lowest BCUT2D eigenvalue weighted by atomic mass is 10.1. The summed E-state index contributed by atoms with van der Waals surface area (Å²) in [6, 6.07) is -0.190. The Bertz CT molecular complexity index is 87.1. The number of rotatable bonds is 4. The van der Waals surface area contributed by atoms with Crippen LogP contribution in [0.15, 0.2) is 0 Å². The lowest BCUT2D eigenvalue weighted by Crippen LogP contribution is -2.32.